The Morgan fingerprint density at radius 1 is 1.15 bits per heavy atom. The number of hydrogen-bond donors (Lipinski definition) is 2. The van der Waals surface area contributed by atoms with Gasteiger partial charge in [0.1, 0.15) is 5.82 Å². The number of hydrogen-bond acceptors (Lipinski definition) is 9. The third-order valence-corrected chi connectivity index (χ3v) is 9.40. The van der Waals surface area contributed by atoms with Crippen molar-refractivity contribution in [3.8, 4) is 6.07 Å². The summed E-state index contributed by atoms with van der Waals surface area (Å²) in [5.74, 6) is -0.262. The number of thioether (sulfide) groups is 1. The number of nitrogens with one attached hydrogen (secondary N) is 1. The minimum atomic E-state index is -0.536. The largest absolute Gasteiger partial charge is 0.384 e. The number of aromatic nitrogens is 2. The number of anilines is 2. The molecule has 1 atom stereocenters. The lowest BCUT2D eigenvalue weighted by Crippen LogP contribution is -2.42. The lowest BCUT2D eigenvalue weighted by atomic mass is 9.68. The van der Waals surface area contributed by atoms with Crippen LogP contribution >= 0.6 is 23.1 Å². The quantitative estimate of drug-likeness (QED) is 0.331. The van der Waals surface area contributed by atoms with Crippen molar-refractivity contribution in [2.75, 3.05) is 16.0 Å². The monoisotopic (exact) mass is 584 g/mol. The Morgan fingerprint density at radius 2 is 1.85 bits per heavy atom. The molecule has 1 aromatic heterocycles. The fourth-order valence-electron chi connectivity index (χ4n) is 5.44. The first-order chi connectivity index (χ1) is 19.5. The maximum Gasteiger partial charge on any atom is 0.234 e. The molecule has 0 spiro atoms. The molecule has 0 saturated heterocycles. The Bertz CT molecular complexity index is 1650. The van der Waals surface area contributed by atoms with Gasteiger partial charge >= 0.3 is 0 Å². The SMILES string of the molecule is Cc1ccc(C2C(C#N)=C(N)N(c3nnc(SCC(=O)Nc4ccc(C)cc4C)s3)C3=C2C(=O)CC(C)(C)C3)cc1. The van der Waals surface area contributed by atoms with Gasteiger partial charge in [-0.05, 0) is 49.8 Å². The summed E-state index contributed by atoms with van der Waals surface area (Å²) >= 11 is 2.56. The van der Waals surface area contributed by atoms with E-state index >= 15 is 0 Å². The van der Waals surface area contributed by atoms with Gasteiger partial charge in [-0.1, -0.05) is 84.5 Å². The van der Waals surface area contributed by atoms with Gasteiger partial charge in [0.25, 0.3) is 0 Å². The maximum atomic E-state index is 13.7. The molecular weight excluding hydrogens is 553 g/mol. The van der Waals surface area contributed by atoms with Crippen molar-refractivity contribution in [1.82, 2.24) is 10.2 Å². The third kappa shape index (κ3) is 5.78. The summed E-state index contributed by atoms with van der Waals surface area (Å²) < 4.78 is 0.589. The molecular formula is C31H32N6O2S2. The van der Waals surface area contributed by atoms with Crippen molar-refractivity contribution >= 4 is 45.6 Å². The summed E-state index contributed by atoms with van der Waals surface area (Å²) in [6.45, 7) is 10.1. The van der Waals surface area contributed by atoms with Gasteiger partial charge in [0.2, 0.25) is 11.0 Å². The molecule has 2 aliphatic rings. The Kier molecular flexibility index (Phi) is 7.77. The van der Waals surface area contributed by atoms with Crippen molar-refractivity contribution < 1.29 is 9.59 Å². The highest BCUT2D eigenvalue weighted by molar-refractivity contribution is 8.01. The Balaban J connectivity index is 1.45. The van der Waals surface area contributed by atoms with Gasteiger partial charge in [-0.3, -0.25) is 14.5 Å². The van der Waals surface area contributed by atoms with Gasteiger partial charge in [-0.2, -0.15) is 5.26 Å². The second kappa shape index (κ2) is 11.1. The van der Waals surface area contributed by atoms with E-state index in [9.17, 15) is 14.9 Å². The smallest absolute Gasteiger partial charge is 0.234 e. The van der Waals surface area contributed by atoms with Crippen molar-refractivity contribution in [1.29, 1.82) is 5.26 Å². The lowest BCUT2D eigenvalue weighted by molar-refractivity contribution is -0.118. The van der Waals surface area contributed by atoms with Crippen LogP contribution in [0.25, 0.3) is 0 Å². The topological polar surface area (TPSA) is 125 Å². The molecule has 2 heterocycles. The van der Waals surface area contributed by atoms with E-state index in [-0.39, 0.29) is 28.7 Å². The molecule has 0 fully saturated rings. The van der Waals surface area contributed by atoms with Crippen LogP contribution in [0.2, 0.25) is 0 Å². The van der Waals surface area contributed by atoms with E-state index in [1.807, 2.05) is 63.2 Å². The molecule has 2 aromatic carbocycles. The average Bonchev–Trinajstić information content (AvgIpc) is 3.37. The predicted octanol–water partition coefficient (Wildman–Crippen LogP) is 6.14. The summed E-state index contributed by atoms with van der Waals surface area (Å²) in [6, 6.07) is 16.1. The van der Waals surface area contributed by atoms with Crippen LogP contribution in [0.1, 0.15) is 54.9 Å². The first kappa shape index (κ1) is 28.6. The molecule has 0 bridgehead atoms. The van der Waals surface area contributed by atoms with E-state index < -0.39 is 5.92 Å². The number of benzene rings is 2. The summed E-state index contributed by atoms with van der Waals surface area (Å²) in [4.78, 5) is 28.1. The van der Waals surface area contributed by atoms with E-state index in [0.717, 1.165) is 33.6 Å². The van der Waals surface area contributed by atoms with E-state index in [0.29, 0.717) is 33.5 Å². The van der Waals surface area contributed by atoms with E-state index in [4.69, 9.17) is 5.73 Å². The average molecular weight is 585 g/mol. The highest BCUT2D eigenvalue weighted by Crippen LogP contribution is 2.50. The molecule has 8 nitrogen and oxygen atoms in total. The number of allylic oxidation sites excluding steroid dienone is 3. The predicted molar refractivity (Wildman–Crippen MR) is 163 cm³/mol. The van der Waals surface area contributed by atoms with E-state index in [1.165, 1.54) is 23.1 Å². The summed E-state index contributed by atoms with van der Waals surface area (Å²) in [5, 5.41) is 22.4. The number of Topliss-reactive ketones (excluding diaryl/α,β-unsaturated/α-hetero) is 1. The number of ketones is 1. The molecule has 41 heavy (non-hydrogen) atoms. The number of carbonyl (C=O) groups excluding carboxylic acids is 2. The minimum absolute atomic E-state index is 0.00857. The van der Waals surface area contributed by atoms with Gasteiger partial charge in [0, 0.05) is 23.4 Å². The van der Waals surface area contributed by atoms with Crippen LogP contribution in [-0.4, -0.2) is 27.6 Å². The second-order valence-electron chi connectivity index (χ2n) is 11.4. The summed E-state index contributed by atoms with van der Waals surface area (Å²) in [7, 11) is 0. The van der Waals surface area contributed by atoms with Crippen LogP contribution in [-0.2, 0) is 9.59 Å². The molecule has 3 aromatic rings. The number of rotatable bonds is 6. The fraction of sp³-hybridized carbons (Fsp3) is 0.323. The number of carbonyl (C=O) groups is 2. The number of nitrogens with zero attached hydrogens (tertiary/aromatic N) is 4. The minimum Gasteiger partial charge on any atom is -0.384 e. The molecule has 1 amide bonds. The highest BCUT2D eigenvalue weighted by Gasteiger charge is 2.45. The molecule has 0 saturated carbocycles. The van der Waals surface area contributed by atoms with Crippen LogP contribution in [0.3, 0.4) is 0 Å². The zero-order valence-electron chi connectivity index (χ0n) is 23.7. The third-order valence-electron chi connectivity index (χ3n) is 7.36. The maximum absolute atomic E-state index is 13.7. The van der Waals surface area contributed by atoms with Crippen molar-refractivity contribution in [3.05, 3.63) is 87.4 Å². The van der Waals surface area contributed by atoms with Gasteiger partial charge in [-0.15, -0.1) is 10.2 Å². The van der Waals surface area contributed by atoms with Gasteiger partial charge in [0.05, 0.1) is 23.3 Å². The van der Waals surface area contributed by atoms with Crippen molar-refractivity contribution in [2.24, 2.45) is 11.1 Å². The number of amides is 1. The fourth-order valence-corrected chi connectivity index (χ4v) is 7.12. The molecule has 0 radical (unpaired) electrons. The summed E-state index contributed by atoms with van der Waals surface area (Å²) in [5.41, 5.74) is 13.0. The molecule has 1 unspecified atom stereocenters. The first-order valence-electron chi connectivity index (χ1n) is 13.3. The Hall–Kier alpha value is -3.94. The normalized spacial score (nSPS) is 18.3. The zero-order valence-corrected chi connectivity index (χ0v) is 25.4. The van der Waals surface area contributed by atoms with E-state index in [1.54, 1.807) is 4.90 Å². The molecule has 10 heteroatoms. The zero-order chi connectivity index (χ0) is 29.5. The molecule has 1 aliphatic heterocycles. The lowest BCUT2D eigenvalue weighted by Gasteiger charge is -2.42. The molecule has 3 N–H and O–H groups in total. The second-order valence-corrected chi connectivity index (χ2v) is 13.6. The number of nitrogens with two attached hydrogens (primary N) is 1. The van der Waals surface area contributed by atoms with Crippen LogP contribution in [0.4, 0.5) is 10.8 Å². The molecule has 210 valence electrons. The highest BCUT2D eigenvalue weighted by atomic mass is 32.2. The van der Waals surface area contributed by atoms with Gasteiger partial charge in [0.15, 0.2) is 10.1 Å². The van der Waals surface area contributed by atoms with Gasteiger partial charge < -0.3 is 11.1 Å². The Morgan fingerprint density at radius 3 is 2.54 bits per heavy atom. The molecule has 1 aliphatic carbocycles. The Labute approximate surface area is 248 Å². The van der Waals surface area contributed by atoms with Crippen molar-refractivity contribution in [3.63, 3.8) is 0 Å². The molecule has 5 rings (SSSR count). The number of nitriles is 1. The first-order valence-corrected chi connectivity index (χ1v) is 15.1. The number of aryl methyl sites for hydroxylation is 3. The van der Waals surface area contributed by atoms with Crippen LogP contribution in [0, 0.1) is 37.5 Å². The standard InChI is InChI=1S/C31H32N6O2S2/c1-17-6-9-20(10-7-17)26-21(15-32)28(33)37(23-13-31(4,5)14-24(38)27(23)26)29-35-36-30(41-29)40-16-25(39)34-22-11-8-18(2)12-19(22)3/h6-12,26H,13-14,16,33H2,1-5H3,(H,34,39). The summed E-state index contributed by atoms with van der Waals surface area (Å²) in [6.07, 6.45) is 0.976. The van der Waals surface area contributed by atoms with Gasteiger partial charge in [-0.25, -0.2) is 0 Å². The van der Waals surface area contributed by atoms with E-state index in [2.05, 4.69) is 35.4 Å². The van der Waals surface area contributed by atoms with Crippen molar-refractivity contribution in [2.45, 2.75) is 57.7 Å². The van der Waals surface area contributed by atoms with Crippen LogP contribution in [0.15, 0.2) is 69.5 Å². The van der Waals surface area contributed by atoms with Crippen LogP contribution < -0.4 is 16.0 Å². The van der Waals surface area contributed by atoms with Crippen LogP contribution in [0.5, 0.6) is 0 Å².